The van der Waals surface area contributed by atoms with Crippen molar-refractivity contribution in [1.29, 1.82) is 0 Å². The lowest BCUT2D eigenvalue weighted by Crippen LogP contribution is -2.55. The molecule has 0 spiro atoms. The summed E-state index contributed by atoms with van der Waals surface area (Å²) in [6, 6.07) is 48.2. The van der Waals surface area contributed by atoms with Crippen LogP contribution in [0, 0.1) is 41.5 Å². The average molecular weight is 743 g/mol. The van der Waals surface area contributed by atoms with Crippen molar-refractivity contribution in [2.24, 2.45) is 0 Å². The normalized spacial score (nSPS) is 13.0. The van der Waals surface area contributed by atoms with Crippen LogP contribution in [0.15, 0.2) is 132 Å². The van der Waals surface area contributed by atoms with Gasteiger partial charge < -0.3 is 13.5 Å². The van der Waals surface area contributed by atoms with Crippen molar-refractivity contribution >= 4 is 83.3 Å². The van der Waals surface area contributed by atoms with E-state index >= 15 is 0 Å². The van der Waals surface area contributed by atoms with Crippen LogP contribution in [0.4, 0.5) is 0 Å². The van der Waals surface area contributed by atoms with Crippen LogP contribution in [0.2, 0.25) is 0 Å². The minimum Gasteiger partial charge on any atom is -0.454 e. The Morgan fingerprint density at radius 3 is 1.81 bits per heavy atom. The molecule has 0 aliphatic carbocycles. The van der Waals surface area contributed by atoms with Gasteiger partial charge in [-0.1, -0.05) is 114 Å². The summed E-state index contributed by atoms with van der Waals surface area (Å²) in [6.07, 6.45) is 0. The predicted octanol–water partition coefficient (Wildman–Crippen LogP) is 12.9. The fourth-order valence-corrected chi connectivity index (χ4v) is 11.8. The Hall–Kier alpha value is -6.78. The van der Waals surface area contributed by atoms with Gasteiger partial charge in [-0.3, -0.25) is 0 Å². The zero-order valence-electron chi connectivity index (χ0n) is 33.5. The smallest absolute Gasteiger partial charge is 0.333 e. The fraction of sp³-hybridized carbons (Fsp3) is 0.111. The first kappa shape index (κ1) is 32.3. The highest BCUT2D eigenvalue weighted by Crippen LogP contribution is 2.50. The number of rotatable bonds is 2. The van der Waals surface area contributed by atoms with E-state index in [0.29, 0.717) is 0 Å². The van der Waals surface area contributed by atoms with E-state index in [9.17, 15) is 0 Å². The molecule has 11 aromatic rings. The second-order valence-electron chi connectivity index (χ2n) is 17.2. The molecule has 3 nitrogen and oxygen atoms in total. The molecule has 0 radical (unpaired) electrons. The third-order valence-corrected chi connectivity index (χ3v) is 13.6. The van der Waals surface area contributed by atoms with Crippen molar-refractivity contribution in [3.8, 4) is 39.1 Å². The molecule has 0 atom stereocenters. The van der Waals surface area contributed by atoms with Crippen LogP contribution < -0.4 is 10.9 Å². The number of hydrogen-bond acceptors (Lipinski definition) is 1. The third-order valence-electron chi connectivity index (χ3n) is 13.6. The molecule has 8 aromatic carbocycles. The van der Waals surface area contributed by atoms with Crippen LogP contribution in [0.25, 0.3) is 105 Å². The maximum absolute atomic E-state index is 7.12. The van der Waals surface area contributed by atoms with Crippen LogP contribution in [0.5, 0.6) is 0 Å². The van der Waals surface area contributed by atoms with Gasteiger partial charge in [0.15, 0.2) is 5.58 Å². The first-order valence-electron chi connectivity index (χ1n) is 20.6. The minimum atomic E-state index is -0.0696. The molecule has 0 saturated carbocycles. The summed E-state index contributed by atoms with van der Waals surface area (Å²) in [5.41, 5.74) is 26.2. The zero-order chi connectivity index (χ0) is 38.9. The average Bonchev–Trinajstić information content (AvgIpc) is 3.87. The minimum absolute atomic E-state index is 0.0696. The van der Waals surface area contributed by atoms with Crippen LogP contribution in [0.3, 0.4) is 0 Å². The highest BCUT2D eigenvalue weighted by Gasteiger charge is 2.44. The third kappa shape index (κ3) is 3.86. The highest BCUT2D eigenvalue weighted by molar-refractivity contribution is 6.90. The number of nitrogens with zero attached hydrogens (tertiary/aromatic N) is 2. The largest absolute Gasteiger partial charge is 0.454 e. The molecule has 13 rings (SSSR count). The summed E-state index contributed by atoms with van der Waals surface area (Å²) >= 11 is 0. The van der Waals surface area contributed by atoms with Gasteiger partial charge in [-0.2, -0.15) is 0 Å². The Morgan fingerprint density at radius 1 is 0.466 bits per heavy atom. The van der Waals surface area contributed by atoms with Crippen LogP contribution in [0.1, 0.15) is 33.4 Å². The summed E-state index contributed by atoms with van der Waals surface area (Å²) in [4.78, 5) is 0. The van der Waals surface area contributed by atoms with Gasteiger partial charge in [0.1, 0.15) is 5.58 Å². The molecule has 0 saturated heterocycles. The Kier molecular flexibility index (Phi) is 6.13. The molecule has 274 valence electrons. The fourth-order valence-electron chi connectivity index (χ4n) is 11.8. The molecule has 0 fully saturated rings. The van der Waals surface area contributed by atoms with Crippen LogP contribution >= 0.6 is 0 Å². The lowest BCUT2D eigenvalue weighted by atomic mass is 9.45. The topological polar surface area (TPSA) is 23.0 Å². The van der Waals surface area contributed by atoms with Crippen LogP contribution in [-0.4, -0.2) is 15.9 Å². The molecular weight excluding hydrogens is 703 g/mol. The Balaban J connectivity index is 1.32. The van der Waals surface area contributed by atoms with Gasteiger partial charge in [-0.15, -0.1) is 0 Å². The number of aromatic nitrogens is 2. The molecular formula is C54H39BN2O. The van der Waals surface area contributed by atoms with Crippen molar-refractivity contribution in [2.75, 3.05) is 0 Å². The molecule has 0 amide bonds. The van der Waals surface area contributed by atoms with E-state index in [1.165, 1.54) is 121 Å². The first-order valence-corrected chi connectivity index (χ1v) is 20.6. The number of furan rings is 1. The van der Waals surface area contributed by atoms with E-state index in [4.69, 9.17) is 4.42 Å². The van der Waals surface area contributed by atoms with Crippen LogP contribution in [-0.2, 0) is 0 Å². The molecule has 0 N–H and O–H groups in total. The quantitative estimate of drug-likeness (QED) is 0.162. The number of benzene rings is 8. The van der Waals surface area contributed by atoms with Gasteiger partial charge in [-0.25, -0.2) is 0 Å². The molecule has 58 heavy (non-hydrogen) atoms. The van der Waals surface area contributed by atoms with E-state index in [1.54, 1.807) is 0 Å². The highest BCUT2D eigenvalue weighted by atomic mass is 16.3. The van der Waals surface area contributed by atoms with E-state index < -0.39 is 0 Å². The lowest BCUT2D eigenvalue weighted by molar-refractivity contribution is 0.667. The molecule has 2 aliphatic heterocycles. The van der Waals surface area contributed by atoms with E-state index in [0.717, 1.165) is 27.6 Å². The van der Waals surface area contributed by atoms with Crippen molar-refractivity contribution in [3.05, 3.63) is 161 Å². The van der Waals surface area contributed by atoms with Gasteiger partial charge in [-0.05, 0) is 127 Å². The molecule has 0 unspecified atom stereocenters. The zero-order valence-corrected chi connectivity index (χ0v) is 33.5. The summed E-state index contributed by atoms with van der Waals surface area (Å²) < 4.78 is 12.4. The summed E-state index contributed by atoms with van der Waals surface area (Å²) in [6.45, 7) is 13.5. The molecule has 2 aliphatic rings. The van der Waals surface area contributed by atoms with Gasteiger partial charge >= 0.3 is 6.85 Å². The Labute approximate surface area is 336 Å². The summed E-state index contributed by atoms with van der Waals surface area (Å²) in [7, 11) is 0. The Bertz CT molecular complexity index is 3660. The molecule has 4 heteroatoms. The first-order chi connectivity index (χ1) is 28.3. The van der Waals surface area contributed by atoms with Gasteiger partial charge in [0.2, 0.25) is 0 Å². The predicted molar refractivity (Wildman–Crippen MR) is 246 cm³/mol. The Morgan fingerprint density at radius 2 is 1.07 bits per heavy atom. The number of aryl methyl sites for hydroxylation is 6. The monoisotopic (exact) mass is 742 g/mol. The number of hydrogen-bond donors (Lipinski definition) is 0. The molecule has 0 bridgehead atoms. The number of fused-ring (bicyclic) bond motifs is 14. The van der Waals surface area contributed by atoms with Crippen molar-refractivity contribution < 1.29 is 4.42 Å². The molecule has 5 heterocycles. The summed E-state index contributed by atoms with van der Waals surface area (Å²) in [5.74, 6) is 0. The van der Waals surface area contributed by atoms with E-state index in [-0.39, 0.29) is 6.85 Å². The SMILES string of the molecule is Cc1cc(C)c(-c2cccc3c2c2c(-c4c(C)cc(C)cc4C)ccc4c2n3-c2c3c(cc5c2oc2ccccc25)-c2cccc5c6ccccc6n(c25)B34)c(C)c1. The maximum Gasteiger partial charge on any atom is 0.333 e. The summed E-state index contributed by atoms with van der Waals surface area (Å²) in [5, 5.41) is 7.51. The van der Waals surface area contributed by atoms with Gasteiger partial charge in [0.05, 0.1) is 16.7 Å². The van der Waals surface area contributed by atoms with Crippen molar-refractivity contribution in [2.45, 2.75) is 41.5 Å². The van der Waals surface area contributed by atoms with Gasteiger partial charge in [0.25, 0.3) is 0 Å². The van der Waals surface area contributed by atoms with E-state index in [2.05, 4.69) is 178 Å². The van der Waals surface area contributed by atoms with E-state index in [1.807, 2.05) is 0 Å². The second kappa shape index (κ2) is 11.0. The van der Waals surface area contributed by atoms with Gasteiger partial charge in [0, 0.05) is 48.9 Å². The maximum atomic E-state index is 7.12. The lowest BCUT2D eigenvalue weighted by Gasteiger charge is -2.34. The molecule has 3 aromatic heterocycles. The second-order valence-corrected chi connectivity index (χ2v) is 17.2. The number of para-hydroxylation sites is 3. The van der Waals surface area contributed by atoms with Crippen molar-refractivity contribution in [1.82, 2.24) is 9.05 Å². The standard InChI is InChI=1S/C54H39BN2O/c1-28-23-30(3)46(31(4)24-28)38-17-12-19-44-48(38)49-39(47-32(5)25-29(2)26-33(47)6)21-22-42-52(49)56(44)53-50-40(27-41-35-14-8-10-20-45(35)58-54(41)53)37-16-11-15-36-34-13-7-9-18-43(34)57(51(36)37)55(42)50/h7-27H,1-6H3. The van der Waals surface area contributed by atoms with Crippen molar-refractivity contribution in [3.63, 3.8) is 0 Å².